The molecule has 0 aromatic heterocycles. The summed E-state index contributed by atoms with van der Waals surface area (Å²) in [5.74, 6) is 0. The molecule has 0 saturated carbocycles. The molecule has 98 valence electrons. The monoisotopic (exact) mass is 270 g/mol. The maximum atomic E-state index is 5.69. The summed E-state index contributed by atoms with van der Waals surface area (Å²) in [5.41, 5.74) is 11.3. The van der Waals surface area contributed by atoms with Gasteiger partial charge in [0.25, 0.3) is 0 Å². The van der Waals surface area contributed by atoms with Crippen LogP contribution in [0, 0.1) is 13.8 Å². The highest BCUT2D eigenvalue weighted by Crippen LogP contribution is 2.26. The molecule has 2 aromatic rings. The topological polar surface area (TPSA) is 29.3 Å². The SMILES string of the molecule is Cc1cccc(N(C)c2ccc(C(N)=S)c(C)c2)c1. The smallest absolute Gasteiger partial charge is 0.104 e. The van der Waals surface area contributed by atoms with Crippen molar-refractivity contribution in [1.82, 2.24) is 0 Å². The van der Waals surface area contributed by atoms with Crippen LogP contribution in [0.3, 0.4) is 0 Å². The lowest BCUT2D eigenvalue weighted by molar-refractivity contribution is 1.19. The summed E-state index contributed by atoms with van der Waals surface area (Å²) < 4.78 is 0. The van der Waals surface area contributed by atoms with Gasteiger partial charge in [0.2, 0.25) is 0 Å². The van der Waals surface area contributed by atoms with Crippen LogP contribution in [0.1, 0.15) is 16.7 Å². The zero-order valence-corrected chi connectivity index (χ0v) is 12.3. The Morgan fingerprint density at radius 2 is 1.74 bits per heavy atom. The highest BCUT2D eigenvalue weighted by molar-refractivity contribution is 7.80. The molecule has 2 nitrogen and oxygen atoms in total. The van der Waals surface area contributed by atoms with Crippen molar-refractivity contribution in [2.45, 2.75) is 13.8 Å². The molecule has 19 heavy (non-hydrogen) atoms. The lowest BCUT2D eigenvalue weighted by Crippen LogP contribution is -2.13. The Labute approximate surface area is 119 Å². The Morgan fingerprint density at radius 3 is 2.32 bits per heavy atom. The lowest BCUT2D eigenvalue weighted by Gasteiger charge is -2.21. The van der Waals surface area contributed by atoms with E-state index in [2.05, 4.69) is 49.2 Å². The van der Waals surface area contributed by atoms with E-state index in [1.807, 2.05) is 19.1 Å². The van der Waals surface area contributed by atoms with E-state index in [0.29, 0.717) is 4.99 Å². The molecule has 0 atom stereocenters. The van der Waals surface area contributed by atoms with E-state index in [0.717, 1.165) is 16.8 Å². The normalized spacial score (nSPS) is 10.3. The largest absolute Gasteiger partial charge is 0.389 e. The number of hydrogen-bond acceptors (Lipinski definition) is 2. The van der Waals surface area contributed by atoms with Crippen LogP contribution in [-0.4, -0.2) is 12.0 Å². The number of aryl methyl sites for hydroxylation is 2. The zero-order chi connectivity index (χ0) is 14.0. The zero-order valence-electron chi connectivity index (χ0n) is 11.5. The minimum Gasteiger partial charge on any atom is -0.389 e. The fraction of sp³-hybridized carbons (Fsp3) is 0.188. The first-order valence-corrected chi connectivity index (χ1v) is 6.60. The van der Waals surface area contributed by atoms with Gasteiger partial charge in [-0.25, -0.2) is 0 Å². The predicted molar refractivity (Wildman–Crippen MR) is 86.3 cm³/mol. The average molecular weight is 270 g/mol. The third-order valence-corrected chi connectivity index (χ3v) is 3.47. The van der Waals surface area contributed by atoms with Crippen molar-refractivity contribution in [1.29, 1.82) is 0 Å². The maximum Gasteiger partial charge on any atom is 0.104 e. The standard InChI is InChI=1S/C16H18N2S/c1-11-5-4-6-13(9-11)18(3)14-7-8-15(16(17)19)12(2)10-14/h4-10H,1-3H3,(H2,17,19). The van der Waals surface area contributed by atoms with Gasteiger partial charge >= 0.3 is 0 Å². The Morgan fingerprint density at radius 1 is 1.05 bits per heavy atom. The van der Waals surface area contributed by atoms with Crippen molar-refractivity contribution in [3.05, 3.63) is 59.2 Å². The Kier molecular flexibility index (Phi) is 3.86. The van der Waals surface area contributed by atoms with Gasteiger partial charge in [0.1, 0.15) is 4.99 Å². The molecule has 0 saturated heterocycles. The molecule has 0 fully saturated rings. The van der Waals surface area contributed by atoms with Crippen LogP contribution in [0.4, 0.5) is 11.4 Å². The first-order valence-electron chi connectivity index (χ1n) is 6.20. The molecule has 0 radical (unpaired) electrons. The van der Waals surface area contributed by atoms with Crippen LogP contribution in [0.5, 0.6) is 0 Å². The van der Waals surface area contributed by atoms with Crippen LogP contribution >= 0.6 is 12.2 Å². The first-order chi connectivity index (χ1) is 8.99. The van der Waals surface area contributed by atoms with Crippen molar-refractivity contribution < 1.29 is 0 Å². The van der Waals surface area contributed by atoms with Crippen LogP contribution in [0.15, 0.2) is 42.5 Å². The molecular weight excluding hydrogens is 252 g/mol. The fourth-order valence-corrected chi connectivity index (χ4v) is 2.35. The van der Waals surface area contributed by atoms with E-state index >= 15 is 0 Å². The van der Waals surface area contributed by atoms with Gasteiger partial charge in [-0.15, -0.1) is 0 Å². The Hall–Kier alpha value is -1.87. The Bertz CT molecular complexity index is 620. The number of benzene rings is 2. The van der Waals surface area contributed by atoms with E-state index in [-0.39, 0.29) is 0 Å². The van der Waals surface area contributed by atoms with Gasteiger partial charge in [-0.2, -0.15) is 0 Å². The van der Waals surface area contributed by atoms with Crippen molar-refractivity contribution in [2.24, 2.45) is 5.73 Å². The average Bonchev–Trinajstić information content (AvgIpc) is 2.37. The second kappa shape index (κ2) is 5.41. The number of thiocarbonyl (C=S) groups is 1. The molecule has 0 aliphatic carbocycles. The molecule has 0 heterocycles. The van der Waals surface area contributed by atoms with Gasteiger partial charge < -0.3 is 10.6 Å². The van der Waals surface area contributed by atoms with E-state index in [4.69, 9.17) is 18.0 Å². The van der Waals surface area contributed by atoms with Crippen molar-refractivity contribution in [2.75, 3.05) is 11.9 Å². The van der Waals surface area contributed by atoms with E-state index in [1.54, 1.807) is 0 Å². The quantitative estimate of drug-likeness (QED) is 0.862. The highest BCUT2D eigenvalue weighted by atomic mass is 32.1. The number of rotatable bonds is 3. The maximum absolute atomic E-state index is 5.69. The molecule has 2 aromatic carbocycles. The minimum absolute atomic E-state index is 0.447. The van der Waals surface area contributed by atoms with Gasteiger partial charge in [0, 0.05) is 24.0 Å². The molecule has 0 spiro atoms. The molecule has 2 N–H and O–H groups in total. The Balaban J connectivity index is 2.37. The van der Waals surface area contributed by atoms with Crippen molar-refractivity contribution in [3.63, 3.8) is 0 Å². The summed E-state index contributed by atoms with van der Waals surface area (Å²) >= 11 is 5.03. The second-order valence-corrected chi connectivity index (χ2v) is 5.20. The summed E-state index contributed by atoms with van der Waals surface area (Å²) in [5, 5.41) is 0. The molecule has 0 aliphatic rings. The molecule has 0 unspecified atom stereocenters. The van der Waals surface area contributed by atoms with Gasteiger partial charge in [-0.05, 0) is 55.3 Å². The van der Waals surface area contributed by atoms with Crippen molar-refractivity contribution >= 4 is 28.6 Å². The van der Waals surface area contributed by atoms with Gasteiger partial charge in [0.05, 0.1) is 0 Å². The van der Waals surface area contributed by atoms with E-state index < -0.39 is 0 Å². The number of anilines is 2. The number of nitrogens with zero attached hydrogens (tertiary/aromatic N) is 1. The van der Waals surface area contributed by atoms with Gasteiger partial charge in [-0.1, -0.05) is 24.4 Å². The van der Waals surface area contributed by atoms with Crippen LogP contribution in [-0.2, 0) is 0 Å². The first kappa shape index (κ1) is 13.6. The summed E-state index contributed by atoms with van der Waals surface area (Å²) in [6.45, 7) is 4.13. The third kappa shape index (κ3) is 2.93. The van der Waals surface area contributed by atoms with Crippen LogP contribution < -0.4 is 10.6 Å². The van der Waals surface area contributed by atoms with Crippen LogP contribution in [0.2, 0.25) is 0 Å². The van der Waals surface area contributed by atoms with Gasteiger partial charge in [-0.3, -0.25) is 0 Å². The van der Waals surface area contributed by atoms with Crippen LogP contribution in [0.25, 0.3) is 0 Å². The number of nitrogens with two attached hydrogens (primary N) is 1. The van der Waals surface area contributed by atoms with E-state index in [1.165, 1.54) is 11.3 Å². The molecular formula is C16H18N2S. The molecule has 3 heteroatoms. The summed E-state index contributed by atoms with van der Waals surface area (Å²) in [7, 11) is 2.06. The number of hydrogen-bond donors (Lipinski definition) is 1. The second-order valence-electron chi connectivity index (χ2n) is 4.76. The van der Waals surface area contributed by atoms with E-state index in [9.17, 15) is 0 Å². The molecule has 0 bridgehead atoms. The highest BCUT2D eigenvalue weighted by Gasteiger charge is 2.07. The molecule has 2 rings (SSSR count). The minimum atomic E-state index is 0.447. The summed E-state index contributed by atoms with van der Waals surface area (Å²) in [4.78, 5) is 2.60. The fourth-order valence-electron chi connectivity index (χ4n) is 2.12. The predicted octanol–water partition coefficient (Wildman–Crippen LogP) is 3.71. The molecule has 0 amide bonds. The summed E-state index contributed by atoms with van der Waals surface area (Å²) in [6.07, 6.45) is 0. The third-order valence-electron chi connectivity index (χ3n) is 3.25. The van der Waals surface area contributed by atoms with Crippen molar-refractivity contribution in [3.8, 4) is 0 Å². The lowest BCUT2D eigenvalue weighted by atomic mass is 10.1. The van der Waals surface area contributed by atoms with Gasteiger partial charge in [0.15, 0.2) is 0 Å². The summed E-state index contributed by atoms with van der Waals surface area (Å²) in [6, 6.07) is 14.6. The molecule has 0 aliphatic heterocycles.